The summed E-state index contributed by atoms with van der Waals surface area (Å²) in [6, 6.07) is 4.18. The van der Waals surface area contributed by atoms with Gasteiger partial charge in [0.05, 0.1) is 0 Å². The molecule has 2 nitrogen and oxygen atoms in total. The molecule has 1 rings (SSSR count). The molecule has 0 amide bonds. The summed E-state index contributed by atoms with van der Waals surface area (Å²) in [6.07, 6.45) is 3.04. The molecule has 0 aliphatic heterocycles. The minimum atomic E-state index is 0. The molecule has 0 saturated heterocycles. The van der Waals surface area contributed by atoms with Crippen LogP contribution in [0.1, 0.15) is 32.0 Å². The van der Waals surface area contributed by atoms with Gasteiger partial charge in [0.1, 0.15) is 0 Å². The fourth-order valence-corrected chi connectivity index (χ4v) is 1.11. The molecule has 0 aliphatic carbocycles. The van der Waals surface area contributed by atoms with Gasteiger partial charge in [-0.2, -0.15) is 0 Å². The molecule has 0 spiro atoms. The fraction of sp³-hybridized carbons (Fsp3) is 0.556. The summed E-state index contributed by atoms with van der Waals surface area (Å²) in [7, 11) is 0. The second-order valence-corrected chi connectivity index (χ2v) is 3.04. The van der Waals surface area contributed by atoms with Crippen molar-refractivity contribution in [3.8, 4) is 0 Å². The monoisotopic (exact) mass is 188 g/mol. The number of nitrogens with two attached hydrogens (primary N) is 1. The number of aromatic amines is 1. The van der Waals surface area contributed by atoms with Crippen LogP contribution in [0.4, 0.5) is 0 Å². The number of nitrogens with one attached hydrogen (secondary N) is 1. The highest BCUT2D eigenvalue weighted by Crippen LogP contribution is 2.19. The first-order valence-corrected chi connectivity index (χ1v) is 4.14. The van der Waals surface area contributed by atoms with Gasteiger partial charge in [0.15, 0.2) is 0 Å². The Morgan fingerprint density at radius 3 is 2.67 bits per heavy atom. The number of hydrogen-bond donors (Lipinski definition) is 2. The van der Waals surface area contributed by atoms with Crippen LogP contribution >= 0.6 is 12.4 Å². The van der Waals surface area contributed by atoms with Crippen LogP contribution in [0.3, 0.4) is 0 Å². The number of hydrogen-bond acceptors (Lipinski definition) is 1. The smallest absolute Gasteiger partial charge is 0.0473 e. The Balaban J connectivity index is 0.00000121. The average molecular weight is 189 g/mol. The molecule has 2 atom stereocenters. The third kappa shape index (κ3) is 2.54. The van der Waals surface area contributed by atoms with Crippen molar-refractivity contribution in [1.29, 1.82) is 0 Å². The Hall–Kier alpha value is -0.470. The van der Waals surface area contributed by atoms with Crippen molar-refractivity contribution in [1.82, 2.24) is 4.98 Å². The van der Waals surface area contributed by atoms with Crippen LogP contribution in [0.25, 0.3) is 0 Å². The average Bonchev–Trinajstić information content (AvgIpc) is 2.53. The molecule has 3 heteroatoms. The normalized spacial score (nSPS) is 14.9. The maximum Gasteiger partial charge on any atom is 0.0473 e. The lowest BCUT2D eigenvalue weighted by atomic mass is 9.98. The van der Waals surface area contributed by atoms with Crippen LogP contribution in [0.15, 0.2) is 18.3 Å². The molecule has 0 radical (unpaired) electrons. The molecule has 1 aromatic rings. The Bertz CT molecular complexity index is 196. The van der Waals surface area contributed by atoms with Gasteiger partial charge >= 0.3 is 0 Å². The van der Waals surface area contributed by atoms with E-state index in [0.717, 1.165) is 12.1 Å². The number of H-pyrrole nitrogens is 1. The molecule has 0 fully saturated rings. The van der Waals surface area contributed by atoms with Gasteiger partial charge < -0.3 is 10.7 Å². The lowest BCUT2D eigenvalue weighted by Gasteiger charge is -2.16. The first-order chi connectivity index (χ1) is 5.25. The van der Waals surface area contributed by atoms with E-state index in [0.29, 0.717) is 5.92 Å². The first kappa shape index (κ1) is 11.5. The minimum absolute atomic E-state index is 0. The largest absolute Gasteiger partial charge is 0.364 e. The second kappa shape index (κ2) is 5.22. The van der Waals surface area contributed by atoms with E-state index in [4.69, 9.17) is 5.73 Å². The third-order valence-corrected chi connectivity index (χ3v) is 2.24. The molecule has 0 bridgehead atoms. The molecule has 3 N–H and O–H groups in total. The van der Waals surface area contributed by atoms with E-state index in [1.165, 1.54) is 0 Å². The highest BCUT2D eigenvalue weighted by molar-refractivity contribution is 5.85. The number of halogens is 1. The van der Waals surface area contributed by atoms with Crippen LogP contribution in [0.5, 0.6) is 0 Å². The van der Waals surface area contributed by atoms with E-state index < -0.39 is 0 Å². The van der Waals surface area contributed by atoms with E-state index in [1.807, 2.05) is 18.3 Å². The molecule has 70 valence electrons. The van der Waals surface area contributed by atoms with Crippen LogP contribution < -0.4 is 5.73 Å². The van der Waals surface area contributed by atoms with E-state index in [1.54, 1.807) is 0 Å². The fourth-order valence-electron chi connectivity index (χ4n) is 1.11. The molecule has 1 heterocycles. The summed E-state index contributed by atoms with van der Waals surface area (Å²) < 4.78 is 0. The summed E-state index contributed by atoms with van der Waals surface area (Å²) in [4.78, 5) is 3.13. The van der Waals surface area contributed by atoms with E-state index in [2.05, 4.69) is 18.8 Å². The topological polar surface area (TPSA) is 41.8 Å². The Morgan fingerprint density at radius 2 is 2.25 bits per heavy atom. The zero-order valence-electron chi connectivity index (χ0n) is 7.58. The second-order valence-electron chi connectivity index (χ2n) is 3.04. The SMILES string of the molecule is CCC(C)[C@@H](N)c1ccc[nH]1.Cl. The maximum atomic E-state index is 5.96. The van der Waals surface area contributed by atoms with Crippen molar-refractivity contribution >= 4 is 12.4 Å². The van der Waals surface area contributed by atoms with Crippen LogP contribution in [-0.2, 0) is 0 Å². The predicted octanol–water partition coefficient (Wildman–Crippen LogP) is 2.48. The Kier molecular flexibility index (Phi) is 5.02. The van der Waals surface area contributed by atoms with Gasteiger partial charge in [-0.15, -0.1) is 12.4 Å². The summed E-state index contributed by atoms with van der Waals surface area (Å²) in [5, 5.41) is 0. The lowest BCUT2D eigenvalue weighted by molar-refractivity contribution is 0.450. The van der Waals surface area contributed by atoms with Gasteiger partial charge in [-0.3, -0.25) is 0 Å². The van der Waals surface area contributed by atoms with Crippen molar-refractivity contribution in [2.24, 2.45) is 11.7 Å². The first-order valence-electron chi connectivity index (χ1n) is 4.14. The van der Waals surface area contributed by atoms with Crippen LogP contribution in [-0.4, -0.2) is 4.98 Å². The van der Waals surface area contributed by atoms with Crippen molar-refractivity contribution in [3.05, 3.63) is 24.0 Å². The molecule has 0 aromatic carbocycles. The van der Waals surface area contributed by atoms with Crippen molar-refractivity contribution in [2.45, 2.75) is 26.3 Å². The molecule has 12 heavy (non-hydrogen) atoms. The zero-order chi connectivity index (χ0) is 8.27. The highest BCUT2D eigenvalue weighted by atomic mass is 35.5. The summed E-state index contributed by atoms with van der Waals surface area (Å²) in [6.45, 7) is 4.33. The summed E-state index contributed by atoms with van der Waals surface area (Å²) >= 11 is 0. The number of aromatic nitrogens is 1. The van der Waals surface area contributed by atoms with Gasteiger partial charge in [-0.25, -0.2) is 0 Å². The quantitative estimate of drug-likeness (QED) is 0.752. The van der Waals surface area contributed by atoms with E-state index in [-0.39, 0.29) is 18.4 Å². The molecule has 1 aromatic heterocycles. The Labute approximate surface area is 80.0 Å². The standard InChI is InChI=1S/C9H16N2.ClH/c1-3-7(2)9(10)8-5-4-6-11-8;/h4-7,9,11H,3,10H2,1-2H3;1H/t7?,9-;/m1./s1. The van der Waals surface area contributed by atoms with Crippen molar-refractivity contribution in [2.75, 3.05) is 0 Å². The Morgan fingerprint density at radius 1 is 1.58 bits per heavy atom. The molecular formula is C9H17ClN2. The van der Waals surface area contributed by atoms with Gasteiger partial charge in [-0.05, 0) is 18.1 Å². The molecule has 0 aliphatic rings. The third-order valence-electron chi connectivity index (χ3n) is 2.24. The van der Waals surface area contributed by atoms with Crippen molar-refractivity contribution < 1.29 is 0 Å². The summed E-state index contributed by atoms with van der Waals surface area (Å²) in [5.74, 6) is 0.550. The summed E-state index contributed by atoms with van der Waals surface area (Å²) in [5.41, 5.74) is 7.10. The van der Waals surface area contributed by atoms with E-state index >= 15 is 0 Å². The zero-order valence-corrected chi connectivity index (χ0v) is 8.40. The van der Waals surface area contributed by atoms with Crippen molar-refractivity contribution in [3.63, 3.8) is 0 Å². The van der Waals surface area contributed by atoms with Gasteiger partial charge in [-0.1, -0.05) is 20.3 Å². The van der Waals surface area contributed by atoms with E-state index in [9.17, 15) is 0 Å². The predicted molar refractivity (Wildman–Crippen MR) is 54.4 cm³/mol. The molecule has 0 saturated carbocycles. The van der Waals surface area contributed by atoms with Gasteiger partial charge in [0.25, 0.3) is 0 Å². The van der Waals surface area contributed by atoms with Crippen LogP contribution in [0, 0.1) is 5.92 Å². The highest BCUT2D eigenvalue weighted by Gasteiger charge is 2.12. The minimum Gasteiger partial charge on any atom is -0.364 e. The molecule has 1 unspecified atom stereocenters. The van der Waals surface area contributed by atoms with Gasteiger partial charge in [0, 0.05) is 17.9 Å². The van der Waals surface area contributed by atoms with Crippen LogP contribution in [0.2, 0.25) is 0 Å². The lowest BCUT2D eigenvalue weighted by Crippen LogP contribution is -2.18. The maximum absolute atomic E-state index is 5.96. The van der Waals surface area contributed by atoms with Gasteiger partial charge in [0.2, 0.25) is 0 Å². The number of rotatable bonds is 3. The molecular weight excluding hydrogens is 172 g/mol.